The van der Waals surface area contributed by atoms with E-state index in [9.17, 15) is 0 Å². The van der Waals surface area contributed by atoms with Gasteiger partial charge in [0.1, 0.15) is 6.07 Å². The summed E-state index contributed by atoms with van der Waals surface area (Å²) in [5.74, 6) is 1.97. The third kappa shape index (κ3) is 2.40. The molecule has 0 saturated heterocycles. The standard InChI is InChI=1S/C14H20N4/c1-9-4-3-5-12(10(9)2)18-14-13(16)11(8-15)6-7-17-14/h6-7,9-10,12H,3-5,16H2,1-2H3,(H,17,18). The molecular weight excluding hydrogens is 224 g/mol. The van der Waals surface area contributed by atoms with E-state index >= 15 is 0 Å². The first-order valence-corrected chi connectivity index (χ1v) is 6.54. The molecule has 1 aliphatic rings. The van der Waals surface area contributed by atoms with E-state index in [4.69, 9.17) is 11.0 Å². The van der Waals surface area contributed by atoms with Crippen molar-refractivity contribution in [1.82, 2.24) is 4.98 Å². The molecule has 0 aliphatic heterocycles. The van der Waals surface area contributed by atoms with Gasteiger partial charge < -0.3 is 11.1 Å². The lowest BCUT2D eigenvalue weighted by Gasteiger charge is -2.35. The van der Waals surface area contributed by atoms with Crippen LogP contribution < -0.4 is 11.1 Å². The van der Waals surface area contributed by atoms with Crippen molar-refractivity contribution in [3.63, 3.8) is 0 Å². The molecule has 96 valence electrons. The molecule has 4 heteroatoms. The van der Waals surface area contributed by atoms with Gasteiger partial charge in [0.15, 0.2) is 5.82 Å². The number of hydrogen-bond acceptors (Lipinski definition) is 4. The largest absolute Gasteiger partial charge is 0.395 e. The van der Waals surface area contributed by atoms with E-state index < -0.39 is 0 Å². The highest BCUT2D eigenvalue weighted by molar-refractivity contribution is 5.69. The molecule has 1 heterocycles. The zero-order valence-electron chi connectivity index (χ0n) is 11.0. The van der Waals surface area contributed by atoms with Crippen molar-refractivity contribution < 1.29 is 0 Å². The normalized spacial score (nSPS) is 27.5. The summed E-state index contributed by atoms with van der Waals surface area (Å²) in [5, 5.41) is 12.4. The third-order valence-electron chi connectivity index (χ3n) is 4.14. The summed E-state index contributed by atoms with van der Waals surface area (Å²) in [6, 6.07) is 4.13. The van der Waals surface area contributed by atoms with Crippen molar-refractivity contribution in [1.29, 1.82) is 5.26 Å². The Balaban J connectivity index is 2.17. The first kappa shape index (κ1) is 12.7. The van der Waals surface area contributed by atoms with E-state index in [1.807, 2.05) is 0 Å². The minimum Gasteiger partial charge on any atom is -0.395 e. The number of rotatable bonds is 2. The lowest BCUT2D eigenvalue weighted by molar-refractivity contribution is 0.253. The Hall–Kier alpha value is -1.76. The van der Waals surface area contributed by atoms with Gasteiger partial charge in [-0.05, 0) is 24.3 Å². The molecule has 4 nitrogen and oxygen atoms in total. The van der Waals surface area contributed by atoms with Crippen molar-refractivity contribution in [3.05, 3.63) is 17.8 Å². The van der Waals surface area contributed by atoms with Gasteiger partial charge in [0.05, 0.1) is 11.3 Å². The van der Waals surface area contributed by atoms with Crippen LogP contribution in [-0.4, -0.2) is 11.0 Å². The summed E-state index contributed by atoms with van der Waals surface area (Å²) in [6.07, 6.45) is 5.30. The average Bonchev–Trinajstić information content (AvgIpc) is 2.37. The number of nitriles is 1. The number of hydrogen-bond donors (Lipinski definition) is 2. The van der Waals surface area contributed by atoms with Gasteiger partial charge in [0.2, 0.25) is 0 Å². The second-order valence-electron chi connectivity index (χ2n) is 5.25. The molecule has 3 atom stereocenters. The smallest absolute Gasteiger partial charge is 0.150 e. The quantitative estimate of drug-likeness (QED) is 0.838. The average molecular weight is 244 g/mol. The second-order valence-corrected chi connectivity index (χ2v) is 5.25. The van der Waals surface area contributed by atoms with Crippen LogP contribution in [-0.2, 0) is 0 Å². The Kier molecular flexibility index (Phi) is 3.71. The Bertz CT molecular complexity index is 463. The minimum atomic E-state index is 0.400. The van der Waals surface area contributed by atoms with E-state index in [2.05, 4.69) is 30.2 Å². The zero-order chi connectivity index (χ0) is 13.1. The molecule has 0 spiro atoms. The summed E-state index contributed by atoms with van der Waals surface area (Å²) in [7, 11) is 0. The van der Waals surface area contributed by atoms with Crippen LogP contribution in [0.5, 0.6) is 0 Å². The molecule has 1 aromatic heterocycles. The van der Waals surface area contributed by atoms with Gasteiger partial charge in [0.25, 0.3) is 0 Å². The van der Waals surface area contributed by atoms with Crippen LogP contribution in [0, 0.1) is 23.2 Å². The summed E-state index contributed by atoms with van der Waals surface area (Å²) in [4.78, 5) is 4.25. The van der Waals surface area contributed by atoms with E-state index in [0.29, 0.717) is 29.0 Å². The Labute approximate surface area is 108 Å². The Morgan fingerprint density at radius 2 is 2.22 bits per heavy atom. The molecular formula is C14H20N4. The van der Waals surface area contributed by atoms with Crippen LogP contribution in [0.2, 0.25) is 0 Å². The molecule has 3 N–H and O–H groups in total. The van der Waals surface area contributed by atoms with Crippen LogP contribution >= 0.6 is 0 Å². The van der Waals surface area contributed by atoms with Crippen LogP contribution in [0.3, 0.4) is 0 Å². The first-order valence-electron chi connectivity index (χ1n) is 6.54. The highest BCUT2D eigenvalue weighted by Gasteiger charge is 2.27. The van der Waals surface area contributed by atoms with E-state index in [0.717, 1.165) is 12.3 Å². The SMILES string of the molecule is CC1CCCC(Nc2nccc(C#N)c2N)C1C. The zero-order valence-corrected chi connectivity index (χ0v) is 11.0. The maximum Gasteiger partial charge on any atom is 0.150 e. The van der Waals surface area contributed by atoms with E-state index in [1.54, 1.807) is 12.3 Å². The topological polar surface area (TPSA) is 74.7 Å². The van der Waals surface area contributed by atoms with Crippen molar-refractivity contribution in [2.24, 2.45) is 11.8 Å². The molecule has 3 unspecified atom stereocenters. The maximum atomic E-state index is 8.96. The fourth-order valence-corrected chi connectivity index (χ4v) is 2.65. The number of pyridine rings is 1. The molecule has 0 bridgehead atoms. The summed E-state index contributed by atoms with van der Waals surface area (Å²) < 4.78 is 0. The number of nitrogen functional groups attached to an aromatic ring is 1. The monoisotopic (exact) mass is 244 g/mol. The second kappa shape index (κ2) is 5.26. The van der Waals surface area contributed by atoms with Gasteiger partial charge in [-0.3, -0.25) is 0 Å². The van der Waals surface area contributed by atoms with Gasteiger partial charge in [-0.15, -0.1) is 0 Å². The van der Waals surface area contributed by atoms with Crippen molar-refractivity contribution in [2.45, 2.75) is 39.2 Å². The first-order chi connectivity index (χ1) is 8.63. The van der Waals surface area contributed by atoms with Crippen molar-refractivity contribution >= 4 is 11.5 Å². The van der Waals surface area contributed by atoms with Crippen molar-refractivity contribution in [2.75, 3.05) is 11.1 Å². The number of nitrogens with zero attached hydrogens (tertiary/aromatic N) is 2. The Morgan fingerprint density at radius 1 is 1.44 bits per heavy atom. The number of anilines is 2. The van der Waals surface area contributed by atoms with Gasteiger partial charge >= 0.3 is 0 Å². The number of nitrogens with one attached hydrogen (secondary N) is 1. The molecule has 0 aromatic carbocycles. The van der Waals surface area contributed by atoms with Crippen molar-refractivity contribution in [3.8, 4) is 6.07 Å². The maximum absolute atomic E-state index is 8.96. The molecule has 1 fully saturated rings. The third-order valence-corrected chi connectivity index (χ3v) is 4.14. The molecule has 1 aromatic rings. The summed E-state index contributed by atoms with van der Waals surface area (Å²) >= 11 is 0. The van der Waals surface area contributed by atoms with Gasteiger partial charge in [-0.2, -0.15) is 5.26 Å². The summed E-state index contributed by atoms with van der Waals surface area (Å²) in [6.45, 7) is 4.56. The fourth-order valence-electron chi connectivity index (χ4n) is 2.65. The molecule has 2 rings (SSSR count). The van der Waals surface area contributed by atoms with Gasteiger partial charge in [0, 0.05) is 12.2 Å². The minimum absolute atomic E-state index is 0.400. The Morgan fingerprint density at radius 3 is 2.94 bits per heavy atom. The van der Waals surface area contributed by atoms with Gasteiger partial charge in [-0.25, -0.2) is 4.98 Å². The lowest BCUT2D eigenvalue weighted by Crippen LogP contribution is -2.35. The fraction of sp³-hybridized carbons (Fsp3) is 0.571. The number of aromatic nitrogens is 1. The molecule has 1 saturated carbocycles. The highest BCUT2D eigenvalue weighted by atomic mass is 15.0. The van der Waals surface area contributed by atoms with Gasteiger partial charge in [-0.1, -0.05) is 26.7 Å². The molecule has 0 amide bonds. The molecule has 1 aliphatic carbocycles. The van der Waals surface area contributed by atoms with Crippen LogP contribution in [0.4, 0.5) is 11.5 Å². The number of nitrogens with two attached hydrogens (primary N) is 1. The summed E-state index contributed by atoms with van der Waals surface area (Å²) in [5.41, 5.74) is 6.90. The predicted molar refractivity (Wildman–Crippen MR) is 73.0 cm³/mol. The van der Waals surface area contributed by atoms with Crippen LogP contribution in [0.25, 0.3) is 0 Å². The predicted octanol–water partition coefficient (Wildman–Crippen LogP) is 2.77. The van der Waals surface area contributed by atoms with Crippen LogP contribution in [0.15, 0.2) is 12.3 Å². The van der Waals surface area contributed by atoms with E-state index in [1.165, 1.54) is 12.8 Å². The van der Waals surface area contributed by atoms with Crippen LogP contribution in [0.1, 0.15) is 38.7 Å². The molecule has 0 radical (unpaired) electrons. The molecule has 18 heavy (non-hydrogen) atoms. The lowest BCUT2D eigenvalue weighted by atomic mass is 9.78. The highest BCUT2D eigenvalue weighted by Crippen LogP contribution is 2.32. The van der Waals surface area contributed by atoms with E-state index in [-0.39, 0.29) is 0 Å².